The molecule has 0 aliphatic carbocycles. The predicted octanol–water partition coefficient (Wildman–Crippen LogP) is 5.50. The molecule has 1 amide bonds. The minimum Gasteiger partial charge on any atom is -0.322 e. The first-order valence-electron chi connectivity index (χ1n) is 10.9. The Morgan fingerprint density at radius 1 is 0.649 bits per heavy atom. The van der Waals surface area contributed by atoms with Crippen LogP contribution in [0.2, 0.25) is 5.02 Å². The third-order valence-electron chi connectivity index (χ3n) is 5.21. The largest absolute Gasteiger partial charge is 0.322 e. The molecule has 0 aliphatic heterocycles. The summed E-state index contributed by atoms with van der Waals surface area (Å²) in [6.45, 7) is 1.86. The molecule has 37 heavy (non-hydrogen) atoms. The molecule has 0 saturated carbocycles. The quantitative estimate of drug-likeness (QED) is 0.265. The van der Waals surface area contributed by atoms with E-state index in [2.05, 4.69) is 14.8 Å². The van der Waals surface area contributed by atoms with E-state index in [-0.39, 0.29) is 21.0 Å². The van der Waals surface area contributed by atoms with E-state index in [9.17, 15) is 21.6 Å². The van der Waals surface area contributed by atoms with Gasteiger partial charge in [0.05, 0.1) is 15.5 Å². The van der Waals surface area contributed by atoms with Crippen molar-refractivity contribution in [2.75, 3.05) is 14.8 Å². The van der Waals surface area contributed by atoms with E-state index < -0.39 is 26.0 Å². The second kappa shape index (κ2) is 10.6. The van der Waals surface area contributed by atoms with Crippen LogP contribution in [0, 0.1) is 6.92 Å². The zero-order chi connectivity index (χ0) is 26.6. The highest BCUT2D eigenvalue weighted by molar-refractivity contribution is 7.93. The van der Waals surface area contributed by atoms with Gasteiger partial charge in [0.2, 0.25) is 0 Å². The fraction of sp³-hybridized carbons (Fsp3) is 0.0385. The number of anilines is 3. The molecule has 0 spiro atoms. The second-order valence-electron chi connectivity index (χ2n) is 8.09. The van der Waals surface area contributed by atoms with Crippen LogP contribution >= 0.6 is 11.6 Å². The molecule has 0 radical (unpaired) electrons. The Bertz CT molecular complexity index is 1660. The van der Waals surface area contributed by atoms with Gasteiger partial charge in [-0.25, -0.2) is 16.8 Å². The number of amides is 1. The van der Waals surface area contributed by atoms with Crippen molar-refractivity contribution < 1.29 is 21.6 Å². The molecule has 11 heteroatoms. The van der Waals surface area contributed by atoms with E-state index in [1.54, 1.807) is 36.4 Å². The van der Waals surface area contributed by atoms with E-state index in [0.717, 1.165) is 5.56 Å². The van der Waals surface area contributed by atoms with E-state index in [0.29, 0.717) is 16.4 Å². The summed E-state index contributed by atoms with van der Waals surface area (Å²) in [6.07, 6.45) is 0. The highest BCUT2D eigenvalue weighted by Crippen LogP contribution is 2.22. The van der Waals surface area contributed by atoms with Crippen molar-refractivity contribution in [3.05, 3.63) is 113 Å². The summed E-state index contributed by atoms with van der Waals surface area (Å²) in [5.41, 5.74) is 2.05. The lowest BCUT2D eigenvalue weighted by molar-refractivity contribution is 0.102. The number of benzene rings is 4. The smallest absolute Gasteiger partial charge is 0.261 e. The molecule has 0 fully saturated rings. The van der Waals surface area contributed by atoms with Crippen LogP contribution in [0.5, 0.6) is 0 Å². The standard InChI is InChI=1S/C26H22ClN3O5S2/c1-18-8-12-24(13-9-18)36(32,33)29-22-6-2-4-19(16-22)26(31)28-21-10-14-25(15-11-21)37(34,35)30-23-7-3-5-20(27)17-23/h2-17,29-30H,1H3,(H,28,31). The molecule has 4 aromatic rings. The van der Waals surface area contributed by atoms with Crippen LogP contribution in [0.1, 0.15) is 15.9 Å². The van der Waals surface area contributed by atoms with Gasteiger partial charge in [-0.3, -0.25) is 14.2 Å². The maximum atomic E-state index is 12.8. The topological polar surface area (TPSA) is 121 Å². The third-order valence-corrected chi connectivity index (χ3v) is 8.24. The highest BCUT2D eigenvalue weighted by atomic mass is 35.5. The summed E-state index contributed by atoms with van der Waals surface area (Å²) in [4.78, 5) is 12.9. The van der Waals surface area contributed by atoms with Crippen molar-refractivity contribution in [2.24, 2.45) is 0 Å². The van der Waals surface area contributed by atoms with Crippen molar-refractivity contribution in [3.63, 3.8) is 0 Å². The van der Waals surface area contributed by atoms with Crippen molar-refractivity contribution in [2.45, 2.75) is 16.7 Å². The first-order valence-corrected chi connectivity index (χ1v) is 14.3. The van der Waals surface area contributed by atoms with Crippen molar-refractivity contribution >= 4 is 54.6 Å². The van der Waals surface area contributed by atoms with Crippen LogP contribution in [0.25, 0.3) is 0 Å². The Morgan fingerprint density at radius 3 is 1.73 bits per heavy atom. The van der Waals surface area contributed by atoms with Gasteiger partial charge in [-0.05, 0) is 79.7 Å². The molecular weight excluding hydrogens is 534 g/mol. The number of rotatable bonds is 8. The zero-order valence-corrected chi connectivity index (χ0v) is 21.9. The van der Waals surface area contributed by atoms with E-state index >= 15 is 0 Å². The van der Waals surface area contributed by atoms with Gasteiger partial charge in [0.25, 0.3) is 26.0 Å². The summed E-state index contributed by atoms with van der Waals surface area (Å²) >= 11 is 5.91. The van der Waals surface area contributed by atoms with Gasteiger partial charge in [0, 0.05) is 22.0 Å². The number of carbonyl (C=O) groups excluding carboxylic acids is 1. The summed E-state index contributed by atoms with van der Waals surface area (Å²) in [7, 11) is -7.69. The Balaban J connectivity index is 1.44. The number of halogens is 1. The van der Waals surface area contributed by atoms with Crippen LogP contribution in [0.4, 0.5) is 17.1 Å². The van der Waals surface area contributed by atoms with Crippen LogP contribution in [-0.4, -0.2) is 22.7 Å². The molecule has 0 aromatic heterocycles. The number of aryl methyl sites for hydroxylation is 1. The van der Waals surface area contributed by atoms with Gasteiger partial charge in [-0.1, -0.05) is 41.4 Å². The van der Waals surface area contributed by atoms with E-state index in [1.807, 2.05) is 6.92 Å². The first-order chi connectivity index (χ1) is 17.5. The second-order valence-corrected chi connectivity index (χ2v) is 11.9. The number of hydrogen-bond acceptors (Lipinski definition) is 5. The van der Waals surface area contributed by atoms with Crippen LogP contribution in [-0.2, 0) is 20.0 Å². The molecule has 0 bridgehead atoms. The van der Waals surface area contributed by atoms with Crippen molar-refractivity contribution in [3.8, 4) is 0 Å². The Morgan fingerprint density at radius 2 is 1.16 bits per heavy atom. The normalized spacial score (nSPS) is 11.5. The SMILES string of the molecule is Cc1ccc(S(=O)(=O)Nc2cccc(C(=O)Nc3ccc(S(=O)(=O)Nc4cccc(Cl)c4)cc3)c2)cc1. The minimum absolute atomic E-state index is 0.00187. The number of nitrogens with one attached hydrogen (secondary N) is 3. The first kappa shape index (κ1) is 26.2. The van der Waals surface area contributed by atoms with Crippen molar-refractivity contribution in [1.82, 2.24) is 0 Å². The summed E-state index contributed by atoms with van der Waals surface area (Å²) < 4.78 is 55.5. The molecule has 8 nitrogen and oxygen atoms in total. The molecule has 0 unspecified atom stereocenters. The molecule has 190 valence electrons. The molecule has 0 heterocycles. The Labute approximate surface area is 220 Å². The van der Waals surface area contributed by atoms with Gasteiger partial charge in [0.1, 0.15) is 0 Å². The average Bonchev–Trinajstić information content (AvgIpc) is 2.84. The van der Waals surface area contributed by atoms with Gasteiger partial charge >= 0.3 is 0 Å². The molecular formula is C26H22ClN3O5S2. The lowest BCUT2D eigenvalue weighted by atomic mass is 10.2. The minimum atomic E-state index is -3.86. The summed E-state index contributed by atoms with van der Waals surface area (Å²) in [6, 6.07) is 24.4. The molecule has 0 atom stereocenters. The van der Waals surface area contributed by atoms with Gasteiger partial charge in [0.15, 0.2) is 0 Å². The molecule has 0 aliphatic rings. The fourth-order valence-electron chi connectivity index (χ4n) is 3.34. The lowest BCUT2D eigenvalue weighted by Gasteiger charge is -2.11. The molecule has 4 rings (SSSR count). The monoisotopic (exact) mass is 555 g/mol. The average molecular weight is 556 g/mol. The third kappa shape index (κ3) is 6.67. The van der Waals surface area contributed by atoms with E-state index in [4.69, 9.17) is 11.6 Å². The molecule has 3 N–H and O–H groups in total. The number of hydrogen-bond donors (Lipinski definition) is 3. The molecule has 4 aromatic carbocycles. The number of sulfonamides is 2. The van der Waals surface area contributed by atoms with Gasteiger partial charge in [-0.15, -0.1) is 0 Å². The highest BCUT2D eigenvalue weighted by Gasteiger charge is 2.17. The maximum Gasteiger partial charge on any atom is 0.261 e. The Hall–Kier alpha value is -3.86. The fourth-order valence-corrected chi connectivity index (χ4v) is 5.63. The Kier molecular flexibility index (Phi) is 7.53. The predicted molar refractivity (Wildman–Crippen MR) is 145 cm³/mol. The maximum absolute atomic E-state index is 12.8. The summed E-state index contributed by atoms with van der Waals surface area (Å²) in [5.74, 6) is -0.496. The van der Waals surface area contributed by atoms with Gasteiger partial charge in [-0.2, -0.15) is 0 Å². The summed E-state index contributed by atoms with van der Waals surface area (Å²) in [5, 5.41) is 3.07. The number of carbonyl (C=O) groups is 1. The molecule has 0 saturated heterocycles. The van der Waals surface area contributed by atoms with Crippen LogP contribution in [0.15, 0.2) is 107 Å². The lowest BCUT2D eigenvalue weighted by Crippen LogP contribution is -2.15. The zero-order valence-electron chi connectivity index (χ0n) is 19.5. The van der Waals surface area contributed by atoms with Crippen LogP contribution in [0.3, 0.4) is 0 Å². The van der Waals surface area contributed by atoms with Crippen LogP contribution < -0.4 is 14.8 Å². The van der Waals surface area contributed by atoms with Crippen molar-refractivity contribution in [1.29, 1.82) is 0 Å². The van der Waals surface area contributed by atoms with Gasteiger partial charge < -0.3 is 5.32 Å². The van der Waals surface area contributed by atoms with E-state index in [1.165, 1.54) is 60.7 Å².